The van der Waals surface area contributed by atoms with E-state index in [0.29, 0.717) is 40.4 Å². The predicted octanol–water partition coefficient (Wildman–Crippen LogP) is 5.99. The van der Waals surface area contributed by atoms with Crippen molar-refractivity contribution in [1.29, 1.82) is 0 Å². The van der Waals surface area contributed by atoms with E-state index in [2.05, 4.69) is 4.98 Å². The number of pyridine rings is 1. The van der Waals surface area contributed by atoms with E-state index in [9.17, 15) is 5.11 Å². The van der Waals surface area contributed by atoms with Crippen LogP contribution in [-0.2, 0) is 18.8 Å². The SMILES string of the molecule is COc1ccccc1-c1nc2c(c(SCc3ccccc3Cl)n1)Cc1c(CO)cnc(C)c1O2. The Hall–Kier alpha value is -3.13. The van der Waals surface area contributed by atoms with Crippen molar-refractivity contribution in [2.75, 3.05) is 7.11 Å². The van der Waals surface area contributed by atoms with Gasteiger partial charge in [-0.1, -0.05) is 41.9 Å². The van der Waals surface area contributed by atoms with Gasteiger partial charge in [-0.05, 0) is 30.7 Å². The van der Waals surface area contributed by atoms with Crippen LogP contribution in [0.15, 0.2) is 59.8 Å². The summed E-state index contributed by atoms with van der Waals surface area (Å²) in [6.45, 7) is 1.77. The molecule has 1 aliphatic heterocycles. The summed E-state index contributed by atoms with van der Waals surface area (Å²) in [6, 6.07) is 15.4. The summed E-state index contributed by atoms with van der Waals surface area (Å²) in [4.78, 5) is 14.1. The van der Waals surface area contributed by atoms with Crippen LogP contribution in [0.3, 0.4) is 0 Å². The van der Waals surface area contributed by atoms with Gasteiger partial charge in [-0.2, -0.15) is 4.98 Å². The first kappa shape index (κ1) is 22.7. The summed E-state index contributed by atoms with van der Waals surface area (Å²) in [7, 11) is 1.63. The number of hydrogen-bond donors (Lipinski definition) is 1. The monoisotopic (exact) mass is 491 g/mol. The molecular weight excluding hydrogens is 470 g/mol. The van der Waals surface area contributed by atoms with Gasteiger partial charge in [0.2, 0.25) is 5.88 Å². The minimum Gasteiger partial charge on any atom is -0.496 e. The number of para-hydroxylation sites is 1. The van der Waals surface area contributed by atoms with Crippen molar-refractivity contribution in [2.45, 2.75) is 30.7 Å². The van der Waals surface area contributed by atoms with Gasteiger partial charge in [0.15, 0.2) is 11.6 Å². The largest absolute Gasteiger partial charge is 0.496 e. The van der Waals surface area contributed by atoms with Crippen LogP contribution in [0.25, 0.3) is 11.4 Å². The highest BCUT2D eigenvalue weighted by Crippen LogP contribution is 2.44. The molecule has 6 nitrogen and oxygen atoms in total. The summed E-state index contributed by atoms with van der Waals surface area (Å²) in [5.41, 5.74) is 5.08. The maximum absolute atomic E-state index is 9.87. The van der Waals surface area contributed by atoms with E-state index in [-0.39, 0.29) is 6.61 Å². The quantitative estimate of drug-likeness (QED) is 0.231. The maximum Gasteiger partial charge on any atom is 0.227 e. The van der Waals surface area contributed by atoms with Crippen LogP contribution >= 0.6 is 23.4 Å². The van der Waals surface area contributed by atoms with E-state index < -0.39 is 0 Å². The molecule has 0 saturated heterocycles. The first-order valence-corrected chi connectivity index (χ1v) is 12.1. The highest BCUT2D eigenvalue weighted by Gasteiger charge is 2.28. The van der Waals surface area contributed by atoms with E-state index in [4.69, 9.17) is 31.0 Å². The van der Waals surface area contributed by atoms with Crippen LogP contribution in [0.1, 0.15) is 27.9 Å². The average Bonchev–Trinajstić information content (AvgIpc) is 2.87. The summed E-state index contributed by atoms with van der Waals surface area (Å²) in [6.07, 6.45) is 2.24. The first-order valence-electron chi connectivity index (χ1n) is 10.8. The molecule has 8 heteroatoms. The molecule has 0 amide bonds. The van der Waals surface area contributed by atoms with Crippen molar-refractivity contribution in [2.24, 2.45) is 0 Å². The lowest BCUT2D eigenvalue weighted by atomic mass is 9.99. The van der Waals surface area contributed by atoms with Gasteiger partial charge < -0.3 is 14.6 Å². The zero-order valence-corrected chi connectivity index (χ0v) is 20.3. The lowest BCUT2D eigenvalue weighted by Gasteiger charge is -2.24. The second kappa shape index (κ2) is 9.62. The van der Waals surface area contributed by atoms with Crippen LogP contribution in [0, 0.1) is 6.92 Å². The summed E-state index contributed by atoms with van der Waals surface area (Å²) < 4.78 is 11.8. The van der Waals surface area contributed by atoms with Gasteiger partial charge in [0, 0.05) is 34.5 Å². The van der Waals surface area contributed by atoms with Gasteiger partial charge in [-0.15, -0.1) is 11.8 Å². The Kier molecular flexibility index (Phi) is 6.41. The third-order valence-electron chi connectivity index (χ3n) is 5.73. The lowest BCUT2D eigenvalue weighted by molar-refractivity contribution is 0.278. The second-order valence-electron chi connectivity index (χ2n) is 7.83. The van der Waals surface area contributed by atoms with Crippen molar-refractivity contribution in [3.05, 3.63) is 87.7 Å². The molecule has 0 unspecified atom stereocenters. The van der Waals surface area contributed by atoms with Crippen LogP contribution in [0.5, 0.6) is 17.4 Å². The third kappa shape index (κ3) is 4.22. The molecular formula is C26H22ClN3O3S. The van der Waals surface area contributed by atoms with E-state index in [1.54, 1.807) is 25.1 Å². The lowest BCUT2D eigenvalue weighted by Crippen LogP contribution is -2.13. The van der Waals surface area contributed by atoms with Crippen LogP contribution in [0.4, 0.5) is 0 Å². The summed E-state index contributed by atoms with van der Waals surface area (Å²) in [5, 5.41) is 11.4. The fourth-order valence-electron chi connectivity index (χ4n) is 3.92. The molecule has 0 fully saturated rings. The molecule has 1 aliphatic rings. The molecule has 0 spiro atoms. The molecule has 1 N–H and O–H groups in total. The molecule has 0 saturated carbocycles. The fraction of sp³-hybridized carbons (Fsp3) is 0.192. The van der Waals surface area contributed by atoms with Crippen LogP contribution in [0.2, 0.25) is 5.02 Å². The third-order valence-corrected chi connectivity index (χ3v) is 7.16. The number of rotatable bonds is 6. The normalized spacial score (nSPS) is 12.0. The van der Waals surface area contributed by atoms with Crippen molar-refractivity contribution in [3.63, 3.8) is 0 Å². The Balaban J connectivity index is 1.62. The van der Waals surface area contributed by atoms with Gasteiger partial charge in [0.05, 0.1) is 30.5 Å². The molecule has 3 heterocycles. The Morgan fingerprint density at radius 3 is 2.65 bits per heavy atom. The standard InChI is InChI=1S/C26H22ClN3O3S/c1-15-23-19(17(13-31)12-28-15)11-20-25(33-23)29-24(18-8-4-6-10-22(18)32-2)30-26(20)34-14-16-7-3-5-9-21(16)27/h3-10,12,31H,11,13-14H2,1-2H3. The van der Waals surface area contributed by atoms with E-state index in [0.717, 1.165) is 38.5 Å². The number of fused-ring (bicyclic) bond motifs is 2. The summed E-state index contributed by atoms with van der Waals surface area (Å²) >= 11 is 7.98. The number of aliphatic hydroxyl groups excluding tert-OH is 1. The molecule has 0 bridgehead atoms. The molecule has 0 aliphatic carbocycles. The molecule has 2 aromatic heterocycles. The molecule has 172 valence electrons. The second-order valence-corrected chi connectivity index (χ2v) is 9.20. The average molecular weight is 492 g/mol. The molecule has 0 atom stereocenters. The van der Waals surface area contributed by atoms with Gasteiger partial charge >= 0.3 is 0 Å². The number of benzene rings is 2. The van der Waals surface area contributed by atoms with Crippen LogP contribution < -0.4 is 9.47 Å². The molecule has 4 aromatic rings. The number of halogens is 1. The topological polar surface area (TPSA) is 77.4 Å². The number of aromatic nitrogens is 3. The van der Waals surface area contributed by atoms with Crippen molar-refractivity contribution in [3.8, 4) is 28.8 Å². The number of methoxy groups -OCH3 is 1. The minimum absolute atomic E-state index is 0.115. The first-order chi connectivity index (χ1) is 16.6. The molecule has 2 aromatic carbocycles. The highest BCUT2D eigenvalue weighted by molar-refractivity contribution is 7.98. The maximum atomic E-state index is 9.87. The van der Waals surface area contributed by atoms with E-state index in [1.165, 1.54) is 0 Å². The van der Waals surface area contributed by atoms with E-state index >= 15 is 0 Å². The minimum atomic E-state index is -0.115. The Morgan fingerprint density at radius 2 is 1.85 bits per heavy atom. The predicted molar refractivity (Wildman–Crippen MR) is 133 cm³/mol. The van der Waals surface area contributed by atoms with Crippen molar-refractivity contribution >= 4 is 23.4 Å². The van der Waals surface area contributed by atoms with Gasteiger partial charge in [-0.3, -0.25) is 4.98 Å². The molecule has 34 heavy (non-hydrogen) atoms. The Labute approximate surface area is 207 Å². The highest BCUT2D eigenvalue weighted by atomic mass is 35.5. The number of aryl methyl sites for hydroxylation is 1. The van der Waals surface area contributed by atoms with Gasteiger partial charge in [0.1, 0.15) is 10.8 Å². The number of ether oxygens (including phenoxy) is 2. The van der Waals surface area contributed by atoms with Crippen molar-refractivity contribution < 1.29 is 14.6 Å². The van der Waals surface area contributed by atoms with Gasteiger partial charge in [-0.25, -0.2) is 4.98 Å². The Morgan fingerprint density at radius 1 is 1.06 bits per heavy atom. The van der Waals surface area contributed by atoms with Crippen molar-refractivity contribution in [1.82, 2.24) is 15.0 Å². The van der Waals surface area contributed by atoms with Gasteiger partial charge in [0.25, 0.3) is 0 Å². The van der Waals surface area contributed by atoms with E-state index in [1.807, 2.05) is 55.5 Å². The molecule has 5 rings (SSSR count). The fourth-order valence-corrected chi connectivity index (χ4v) is 5.24. The zero-order chi connectivity index (χ0) is 23.7. The zero-order valence-electron chi connectivity index (χ0n) is 18.7. The van der Waals surface area contributed by atoms with Crippen LogP contribution in [-0.4, -0.2) is 27.2 Å². The number of hydrogen-bond acceptors (Lipinski definition) is 7. The molecule has 0 radical (unpaired) electrons. The number of thioether (sulfide) groups is 1. The number of aliphatic hydroxyl groups is 1. The Bertz CT molecular complexity index is 1380. The number of nitrogens with zero attached hydrogens (tertiary/aromatic N) is 3. The summed E-state index contributed by atoms with van der Waals surface area (Å²) in [5.74, 6) is 2.98. The smallest absolute Gasteiger partial charge is 0.227 e.